The van der Waals surface area contributed by atoms with Crippen molar-refractivity contribution in [3.8, 4) is 11.1 Å². The maximum Gasteiger partial charge on any atom is 0.219 e. The molecule has 1 N–H and O–H groups in total. The molecule has 6 heterocycles. The van der Waals surface area contributed by atoms with Crippen LogP contribution in [0.4, 0.5) is 11.5 Å². The van der Waals surface area contributed by atoms with Gasteiger partial charge in [-0.1, -0.05) is 6.07 Å². The maximum absolute atomic E-state index is 12.4. The topological polar surface area (TPSA) is 84.1 Å². The van der Waals surface area contributed by atoms with Crippen LogP contribution in [-0.2, 0) is 31.2 Å². The molecule has 3 aliphatic rings. The van der Waals surface area contributed by atoms with Gasteiger partial charge in [-0.25, -0.2) is 0 Å². The van der Waals surface area contributed by atoms with E-state index in [4.69, 9.17) is 5.10 Å². The molecule has 0 unspecified atom stereocenters. The van der Waals surface area contributed by atoms with Crippen LogP contribution in [0.15, 0.2) is 30.5 Å². The van der Waals surface area contributed by atoms with E-state index in [1.54, 1.807) is 6.92 Å². The molecule has 9 heteroatoms. The highest BCUT2D eigenvalue weighted by Crippen LogP contribution is 2.41. The summed E-state index contributed by atoms with van der Waals surface area (Å²) in [5.41, 5.74) is 10.4. The van der Waals surface area contributed by atoms with Gasteiger partial charge < -0.3 is 19.7 Å². The highest BCUT2D eigenvalue weighted by atomic mass is 16.2. The SMILES string of the molecule is CC(=O)N1CCc2c(c(N3CCCc4cc(-c5cn(C)c6cc(C)nnc56)ccc43)nn2C2CCNCC2)C1. The summed E-state index contributed by atoms with van der Waals surface area (Å²) >= 11 is 0. The summed E-state index contributed by atoms with van der Waals surface area (Å²) in [6, 6.07) is 9.31. The van der Waals surface area contributed by atoms with Gasteiger partial charge in [0, 0.05) is 62.2 Å². The summed E-state index contributed by atoms with van der Waals surface area (Å²) < 4.78 is 4.46. The van der Waals surface area contributed by atoms with Crippen LogP contribution in [0, 0.1) is 6.92 Å². The zero-order chi connectivity index (χ0) is 26.7. The van der Waals surface area contributed by atoms with Gasteiger partial charge in [0.2, 0.25) is 5.91 Å². The lowest BCUT2D eigenvalue weighted by Gasteiger charge is -2.32. The number of carbonyl (C=O) groups is 1. The summed E-state index contributed by atoms with van der Waals surface area (Å²) in [6.45, 7) is 8.06. The normalized spacial score (nSPS) is 17.9. The van der Waals surface area contributed by atoms with Crippen molar-refractivity contribution in [3.05, 3.63) is 53.0 Å². The largest absolute Gasteiger partial charge is 0.348 e. The van der Waals surface area contributed by atoms with Crippen LogP contribution < -0.4 is 10.2 Å². The van der Waals surface area contributed by atoms with Crippen molar-refractivity contribution >= 4 is 28.4 Å². The van der Waals surface area contributed by atoms with Gasteiger partial charge in [0.1, 0.15) is 5.52 Å². The number of benzene rings is 1. The molecule has 1 saturated heterocycles. The fourth-order valence-electron chi connectivity index (χ4n) is 6.72. The standard InChI is InChI=1S/C30H36N8O/c1-19-15-28-29(33-32-19)24(17-35(28)3)21-6-7-26-22(16-21)5-4-13-37(26)30-25-18-36(20(2)39)14-10-27(25)38(34-30)23-8-11-31-12-9-23/h6-7,15-17,23,31H,4-5,8-14,18H2,1-3H3. The average molecular weight is 525 g/mol. The van der Waals surface area contributed by atoms with E-state index < -0.39 is 0 Å². The van der Waals surface area contributed by atoms with Crippen molar-refractivity contribution in [1.82, 2.24) is 34.8 Å². The van der Waals surface area contributed by atoms with Crippen LogP contribution in [0.2, 0.25) is 0 Å². The zero-order valence-corrected chi connectivity index (χ0v) is 23.1. The lowest BCUT2D eigenvalue weighted by molar-refractivity contribution is -0.129. The van der Waals surface area contributed by atoms with Gasteiger partial charge in [0.25, 0.3) is 0 Å². The summed E-state index contributed by atoms with van der Waals surface area (Å²) in [5.74, 6) is 1.17. The van der Waals surface area contributed by atoms with Crippen molar-refractivity contribution < 1.29 is 4.79 Å². The Morgan fingerprint density at radius 3 is 2.74 bits per heavy atom. The number of nitrogens with zero attached hydrogens (tertiary/aromatic N) is 7. The Morgan fingerprint density at radius 1 is 1.08 bits per heavy atom. The van der Waals surface area contributed by atoms with E-state index in [0.717, 1.165) is 86.4 Å². The van der Waals surface area contributed by atoms with Gasteiger partial charge in [-0.3, -0.25) is 9.48 Å². The van der Waals surface area contributed by atoms with Gasteiger partial charge in [-0.15, -0.1) is 5.10 Å². The fraction of sp³-hybridized carbons (Fsp3) is 0.467. The molecule has 0 spiro atoms. The Bertz CT molecular complexity index is 1580. The average Bonchev–Trinajstić information content (AvgIpc) is 3.50. The third-order valence-corrected chi connectivity index (χ3v) is 8.78. The molecular weight excluding hydrogens is 488 g/mol. The van der Waals surface area contributed by atoms with Crippen LogP contribution in [-0.4, -0.2) is 61.5 Å². The molecule has 1 amide bonds. The van der Waals surface area contributed by atoms with E-state index in [2.05, 4.69) is 67.2 Å². The Labute approximate surface area is 228 Å². The second-order valence-corrected chi connectivity index (χ2v) is 11.3. The minimum atomic E-state index is 0.137. The van der Waals surface area contributed by atoms with Crippen molar-refractivity contribution in [2.75, 3.05) is 31.1 Å². The number of piperidine rings is 1. The summed E-state index contributed by atoms with van der Waals surface area (Å²) in [4.78, 5) is 16.7. The molecule has 0 atom stereocenters. The molecule has 1 fully saturated rings. The highest BCUT2D eigenvalue weighted by molar-refractivity contribution is 5.93. The third-order valence-electron chi connectivity index (χ3n) is 8.78. The van der Waals surface area contributed by atoms with Gasteiger partial charge in [0.05, 0.1) is 23.8 Å². The number of aryl methyl sites for hydroxylation is 3. The van der Waals surface area contributed by atoms with Crippen LogP contribution in [0.5, 0.6) is 0 Å². The first kappa shape index (κ1) is 24.3. The lowest BCUT2D eigenvalue weighted by Crippen LogP contribution is -2.36. The predicted octanol–water partition coefficient (Wildman–Crippen LogP) is 4.05. The number of anilines is 2. The lowest BCUT2D eigenvalue weighted by atomic mass is 9.96. The molecule has 4 aromatic rings. The van der Waals surface area contributed by atoms with Gasteiger partial charge in [-0.05, 0) is 75.0 Å². The van der Waals surface area contributed by atoms with Crippen molar-refractivity contribution in [1.29, 1.82) is 0 Å². The molecule has 3 aromatic heterocycles. The number of hydrogen-bond donors (Lipinski definition) is 1. The molecule has 202 valence electrons. The van der Waals surface area contributed by atoms with E-state index in [9.17, 15) is 4.79 Å². The second kappa shape index (κ2) is 9.48. The number of carbonyl (C=O) groups excluding carboxylic acids is 1. The number of aromatic nitrogens is 5. The third kappa shape index (κ3) is 4.11. The summed E-state index contributed by atoms with van der Waals surface area (Å²) in [5, 5.41) is 17.7. The molecule has 3 aliphatic heterocycles. The molecular formula is C30H36N8O. The van der Waals surface area contributed by atoms with E-state index in [-0.39, 0.29) is 5.91 Å². The second-order valence-electron chi connectivity index (χ2n) is 11.3. The minimum absolute atomic E-state index is 0.137. The summed E-state index contributed by atoms with van der Waals surface area (Å²) in [7, 11) is 2.07. The van der Waals surface area contributed by atoms with Crippen LogP contribution in [0.3, 0.4) is 0 Å². The monoisotopic (exact) mass is 524 g/mol. The summed E-state index contributed by atoms with van der Waals surface area (Å²) in [6.07, 6.45) is 7.32. The first-order chi connectivity index (χ1) is 19.0. The van der Waals surface area contributed by atoms with Crippen molar-refractivity contribution in [2.45, 2.75) is 58.5 Å². The van der Waals surface area contributed by atoms with Crippen LogP contribution in [0.1, 0.15) is 54.7 Å². The Hall–Kier alpha value is -3.72. The number of amides is 1. The number of rotatable bonds is 3. The molecule has 0 radical (unpaired) electrons. The first-order valence-electron chi connectivity index (χ1n) is 14.2. The van der Waals surface area contributed by atoms with Gasteiger partial charge >= 0.3 is 0 Å². The molecule has 0 bridgehead atoms. The van der Waals surface area contributed by atoms with E-state index in [1.165, 1.54) is 28.1 Å². The molecule has 0 aliphatic carbocycles. The number of hydrogen-bond acceptors (Lipinski definition) is 6. The van der Waals surface area contributed by atoms with Crippen LogP contribution >= 0.6 is 0 Å². The Morgan fingerprint density at radius 2 is 1.92 bits per heavy atom. The van der Waals surface area contributed by atoms with Crippen molar-refractivity contribution in [2.24, 2.45) is 7.05 Å². The molecule has 0 saturated carbocycles. The number of fused-ring (bicyclic) bond motifs is 3. The molecule has 7 rings (SSSR count). The molecule has 39 heavy (non-hydrogen) atoms. The zero-order valence-electron chi connectivity index (χ0n) is 23.1. The minimum Gasteiger partial charge on any atom is -0.348 e. The smallest absolute Gasteiger partial charge is 0.219 e. The highest BCUT2D eigenvalue weighted by Gasteiger charge is 2.33. The fourth-order valence-corrected chi connectivity index (χ4v) is 6.72. The number of nitrogens with one attached hydrogen (secondary N) is 1. The molecule has 9 nitrogen and oxygen atoms in total. The maximum atomic E-state index is 12.4. The van der Waals surface area contributed by atoms with Gasteiger partial charge in [-0.2, -0.15) is 10.2 Å². The Balaban J connectivity index is 1.30. The van der Waals surface area contributed by atoms with Gasteiger partial charge in [0.15, 0.2) is 5.82 Å². The van der Waals surface area contributed by atoms with E-state index in [1.807, 2.05) is 11.8 Å². The Kier molecular flexibility index (Phi) is 5.91. The quantitative estimate of drug-likeness (QED) is 0.435. The van der Waals surface area contributed by atoms with Crippen LogP contribution in [0.25, 0.3) is 22.2 Å². The predicted molar refractivity (Wildman–Crippen MR) is 152 cm³/mol. The van der Waals surface area contributed by atoms with E-state index >= 15 is 0 Å². The molecule has 1 aromatic carbocycles. The van der Waals surface area contributed by atoms with Crippen molar-refractivity contribution in [3.63, 3.8) is 0 Å². The first-order valence-corrected chi connectivity index (χ1v) is 14.2. The van der Waals surface area contributed by atoms with E-state index in [0.29, 0.717) is 12.6 Å².